The van der Waals surface area contributed by atoms with Crippen molar-refractivity contribution in [1.82, 2.24) is 4.81 Å². The number of aliphatic carboxylic acids is 1. The summed E-state index contributed by atoms with van der Waals surface area (Å²) in [5.41, 5.74) is 0. The third-order valence-electron chi connectivity index (χ3n) is 1.60. The molecular weight excluding hydrogens is 133 g/mol. The van der Waals surface area contributed by atoms with Gasteiger partial charge in [0, 0.05) is 6.54 Å². The number of carbonyl (C=O) groups is 1. The highest BCUT2D eigenvalue weighted by Gasteiger charge is 2.32. The first-order valence-corrected chi connectivity index (χ1v) is 3.03. The summed E-state index contributed by atoms with van der Waals surface area (Å²) in [6.45, 7) is 0.247. The molecule has 2 N–H and O–H groups in total. The van der Waals surface area contributed by atoms with E-state index in [9.17, 15) is 4.79 Å². The van der Waals surface area contributed by atoms with Crippen molar-refractivity contribution in [3.8, 4) is 0 Å². The van der Waals surface area contributed by atoms with Crippen LogP contribution in [0.3, 0.4) is 0 Å². The van der Waals surface area contributed by atoms with Crippen LogP contribution in [0.2, 0.25) is 0 Å². The SMILES string of the molecule is [B]N1C[C@H](O)C[C@H]1C(=O)O. The van der Waals surface area contributed by atoms with Gasteiger partial charge in [-0.15, -0.1) is 0 Å². The molecule has 0 unspecified atom stereocenters. The van der Waals surface area contributed by atoms with Crippen molar-refractivity contribution < 1.29 is 15.0 Å². The Labute approximate surface area is 59.9 Å². The molecule has 1 aliphatic rings. The summed E-state index contributed by atoms with van der Waals surface area (Å²) in [5, 5.41) is 17.4. The molecular formula is C5H8BNO3. The average molecular weight is 141 g/mol. The van der Waals surface area contributed by atoms with Crippen molar-refractivity contribution in [2.45, 2.75) is 18.6 Å². The van der Waals surface area contributed by atoms with Gasteiger partial charge in [0.1, 0.15) is 6.04 Å². The van der Waals surface area contributed by atoms with Crippen LogP contribution in [0.15, 0.2) is 0 Å². The quantitative estimate of drug-likeness (QED) is 0.440. The molecule has 5 heteroatoms. The van der Waals surface area contributed by atoms with Crippen molar-refractivity contribution in [3.63, 3.8) is 0 Å². The van der Waals surface area contributed by atoms with E-state index >= 15 is 0 Å². The van der Waals surface area contributed by atoms with Crippen molar-refractivity contribution in [3.05, 3.63) is 0 Å². The zero-order valence-corrected chi connectivity index (χ0v) is 5.40. The van der Waals surface area contributed by atoms with E-state index in [-0.39, 0.29) is 13.0 Å². The number of aliphatic hydroxyl groups excluding tert-OH is 1. The minimum atomic E-state index is -0.973. The van der Waals surface area contributed by atoms with Crippen LogP contribution in [-0.2, 0) is 4.79 Å². The summed E-state index contributed by atoms with van der Waals surface area (Å²) in [6.07, 6.45) is -0.364. The molecule has 2 radical (unpaired) electrons. The summed E-state index contributed by atoms with van der Waals surface area (Å²) in [7, 11) is 5.26. The molecule has 1 saturated heterocycles. The lowest BCUT2D eigenvalue weighted by molar-refractivity contribution is -0.140. The second kappa shape index (κ2) is 2.60. The monoisotopic (exact) mass is 141 g/mol. The highest BCUT2D eigenvalue weighted by Crippen LogP contribution is 2.14. The number of hydrogen-bond acceptors (Lipinski definition) is 3. The minimum absolute atomic E-state index is 0.228. The van der Waals surface area contributed by atoms with Crippen LogP contribution in [0, 0.1) is 0 Å². The molecule has 0 spiro atoms. The molecule has 4 nitrogen and oxygen atoms in total. The molecule has 2 atom stereocenters. The van der Waals surface area contributed by atoms with E-state index in [1.165, 1.54) is 0 Å². The Morgan fingerprint density at radius 3 is 2.50 bits per heavy atom. The van der Waals surface area contributed by atoms with Gasteiger partial charge in [0.25, 0.3) is 0 Å². The predicted octanol–water partition coefficient (Wildman–Crippen LogP) is -1.41. The van der Waals surface area contributed by atoms with Gasteiger partial charge in [-0.25, -0.2) is 0 Å². The number of β-amino-alcohol motifs (C(OH)–C–C–N with tert-alkyl or cyclic N) is 1. The second-order valence-electron chi connectivity index (χ2n) is 2.44. The van der Waals surface area contributed by atoms with Crippen molar-refractivity contribution in [2.24, 2.45) is 0 Å². The molecule has 1 aliphatic heterocycles. The fraction of sp³-hybridized carbons (Fsp3) is 0.800. The Morgan fingerprint density at radius 2 is 2.30 bits per heavy atom. The van der Waals surface area contributed by atoms with Gasteiger partial charge in [-0.1, -0.05) is 0 Å². The Bertz CT molecular complexity index is 152. The van der Waals surface area contributed by atoms with E-state index in [0.717, 1.165) is 4.81 Å². The lowest BCUT2D eigenvalue weighted by Gasteiger charge is -2.13. The van der Waals surface area contributed by atoms with Gasteiger partial charge in [-0.05, 0) is 6.42 Å². The van der Waals surface area contributed by atoms with Crippen molar-refractivity contribution >= 4 is 14.0 Å². The lowest BCUT2D eigenvalue weighted by atomic mass is 10.2. The van der Waals surface area contributed by atoms with E-state index < -0.39 is 18.1 Å². The normalized spacial score (nSPS) is 34.5. The first-order chi connectivity index (χ1) is 4.61. The van der Waals surface area contributed by atoms with E-state index in [1.54, 1.807) is 0 Å². The van der Waals surface area contributed by atoms with Crippen LogP contribution in [0.25, 0.3) is 0 Å². The van der Waals surface area contributed by atoms with E-state index in [0.29, 0.717) is 0 Å². The Balaban J connectivity index is 2.54. The van der Waals surface area contributed by atoms with E-state index in [2.05, 4.69) is 0 Å². The van der Waals surface area contributed by atoms with Gasteiger partial charge in [0.2, 0.25) is 0 Å². The second-order valence-corrected chi connectivity index (χ2v) is 2.44. The number of hydrogen-bond donors (Lipinski definition) is 2. The topological polar surface area (TPSA) is 60.8 Å². The number of nitrogens with zero attached hydrogens (tertiary/aromatic N) is 1. The molecule has 0 aromatic heterocycles. The molecule has 10 heavy (non-hydrogen) atoms. The molecule has 0 aromatic rings. The number of aliphatic hydroxyl groups is 1. The number of carboxylic acids is 1. The van der Waals surface area contributed by atoms with Gasteiger partial charge in [-0.2, -0.15) is 0 Å². The maximum Gasteiger partial charge on any atom is 0.319 e. The molecule has 54 valence electrons. The summed E-state index contributed by atoms with van der Waals surface area (Å²) < 4.78 is 0. The first kappa shape index (κ1) is 7.56. The standard InChI is InChI=1S/C5H8BNO3/c6-7-2-3(8)1-4(7)5(9)10/h3-4,8H,1-2H2,(H,9,10)/t3-,4+/m1/s1. The largest absolute Gasteiger partial charge is 0.480 e. The summed E-state index contributed by atoms with van der Waals surface area (Å²) >= 11 is 0. The molecule has 0 aromatic carbocycles. The molecule has 0 amide bonds. The Hall–Kier alpha value is -0.545. The molecule has 0 aliphatic carbocycles. The fourth-order valence-corrected chi connectivity index (χ4v) is 1.08. The highest BCUT2D eigenvalue weighted by molar-refractivity contribution is 6.06. The van der Waals surface area contributed by atoms with Crippen LogP contribution < -0.4 is 0 Å². The Kier molecular flexibility index (Phi) is 1.96. The molecule has 1 fully saturated rings. The van der Waals surface area contributed by atoms with E-state index in [4.69, 9.17) is 18.2 Å². The Morgan fingerprint density at radius 1 is 1.70 bits per heavy atom. The smallest absolute Gasteiger partial charge is 0.319 e. The molecule has 0 bridgehead atoms. The van der Waals surface area contributed by atoms with Crippen LogP contribution in [0.4, 0.5) is 0 Å². The van der Waals surface area contributed by atoms with Gasteiger partial charge in [0.15, 0.2) is 7.98 Å². The van der Waals surface area contributed by atoms with Gasteiger partial charge in [-0.3, -0.25) is 4.79 Å². The van der Waals surface area contributed by atoms with Crippen LogP contribution in [0.5, 0.6) is 0 Å². The zero-order valence-electron chi connectivity index (χ0n) is 5.40. The predicted molar refractivity (Wildman–Crippen MR) is 34.5 cm³/mol. The van der Waals surface area contributed by atoms with Crippen molar-refractivity contribution in [2.75, 3.05) is 6.54 Å². The molecule has 0 saturated carbocycles. The summed E-state index contributed by atoms with van der Waals surface area (Å²) in [4.78, 5) is 11.5. The third-order valence-corrected chi connectivity index (χ3v) is 1.60. The van der Waals surface area contributed by atoms with E-state index in [1.807, 2.05) is 0 Å². The number of carboxylic acid groups (broad SMARTS) is 1. The van der Waals surface area contributed by atoms with Gasteiger partial charge in [0.05, 0.1) is 6.10 Å². The lowest BCUT2D eigenvalue weighted by Crippen LogP contribution is -2.33. The minimum Gasteiger partial charge on any atom is -0.480 e. The third kappa shape index (κ3) is 1.30. The van der Waals surface area contributed by atoms with Crippen LogP contribution in [0.1, 0.15) is 6.42 Å². The average Bonchev–Trinajstić information content (AvgIpc) is 2.10. The molecule has 1 rings (SSSR count). The number of rotatable bonds is 1. The maximum atomic E-state index is 10.3. The zero-order chi connectivity index (χ0) is 7.72. The summed E-state index contributed by atoms with van der Waals surface area (Å²) in [5.74, 6) is -0.973. The van der Waals surface area contributed by atoms with Crippen LogP contribution >= 0.6 is 0 Å². The highest BCUT2D eigenvalue weighted by atomic mass is 16.4. The van der Waals surface area contributed by atoms with Crippen molar-refractivity contribution in [1.29, 1.82) is 0 Å². The molecule has 1 heterocycles. The van der Waals surface area contributed by atoms with Gasteiger partial charge < -0.3 is 15.0 Å². The first-order valence-electron chi connectivity index (χ1n) is 3.03. The summed E-state index contributed by atoms with van der Waals surface area (Å²) in [6, 6.07) is -0.713. The van der Waals surface area contributed by atoms with Gasteiger partial charge >= 0.3 is 5.97 Å². The maximum absolute atomic E-state index is 10.3. The fourth-order valence-electron chi connectivity index (χ4n) is 1.08. The van der Waals surface area contributed by atoms with Crippen LogP contribution in [-0.4, -0.2) is 47.7 Å².